The number of halogens is 2. The van der Waals surface area contributed by atoms with Gasteiger partial charge in [-0.2, -0.15) is 0 Å². The average Bonchev–Trinajstić information content (AvgIpc) is 2.66. The molecule has 2 rings (SSSR count). The van der Waals surface area contributed by atoms with Crippen LogP contribution in [0.2, 0.25) is 0 Å². The van der Waals surface area contributed by atoms with Crippen LogP contribution in [0.25, 0.3) is 5.69 Å². The number of hydrogen-bond donors (Lipinski definition) is 0. The topological polar surface area (TPSA) is 30.7 Å². The van der Waals surface area contributed by atoms with Gasteiger partial charge in [0.25, 0.3) is 0 Å². The van der Waals surface area contributed by atoms with Crippen molar-refractivity contribution >= 4 is 27.5 Å². The van der Waals surface area contributed by atoms with Gasteiger partial charge in [0, 0.05) is 4.47 Å². The summed E-state index contributed by atoms with van der Waals surface area (Å²) in [5.41, 5.74) is 2.93. The fraction of sp³-hybridized carbons (Fsp3) is 0.273. The normalized spacial score (nSPS) is 12.8. The minimum absolute atomic E-state index is 0.127. The third kappa shape index (κ3) is 2.28. The van der Waals surface area contributed by atoms with Crippen molar-refractivity contribution in [1.82, 2.24) is 15.0 Å². The number of rotatable bonds is 2. The number of nitrogens with zero attached hydrogens (tertiary/aromatic N) is 3. The summed E-state index contributed by atoms with van der Waals surface area (Å²) in [5, 5.41) is 7.94. The molecule has 1 unspecified atom stereocenters. The molecule has 0 fully saturated rings. The SMILES string of the molecule is Cc1ccc(-n2cc(C(C)Cl)nn2)c(Br)c1. The van der Waals surface area contributed by atoms with Gasteiger partial charge in [-0.15, -0.1) is 16.7 Å². The fourth-order valence-corrected chi connectivity index (χ4v) is 2.15. The van der Waals surface area contributed by atoms with Gasteiger partial charge in [0.1, 0.15) is 5.69 Å². The van der Waals surface area contributed by atoms with E-state index in [9.17, 15) is 0 Å². The van der Waals surface area contributed by atoms with Crippen LogP contribution in [0, 0.1) is 6.92 Å². The Morgan fingerprint density at radius 3 is 2.75 bits per heavy atom. The highest BCUT2D eigenvalue weighted by Gasteiger charge is 2.09. The van der Waals surface area contributed by atoms with E-state index >= 15 is 0 Å². The van der Waals surface area contributed by atoms with Gasteiger partial charge >= 0.3 is 0 Å². The Morgan fingerprint density at radius 2 is 2.19 bits per heavy atom. The number of aryl methyl sites for hydroxylation is 1. The molecule has 0 N–H and O–H groups in total. The highest BCUT2D eigenvalue weighted by Crippen LogP contribution is 2.23. The number of alkyl halides is 1. The molecule has 5 heteroatoms. The zero-order valence-electron chi connectivity index (χ0n) is 8.98. The number of hydrogen-bond acceptors (Lipinski definition) is 2. The summed E-state index contributed by atoms with van der Waals surface area (Å²) in [7, 11) is 0. The summed E-state index contributed by atoms with van der Waals surface area (Å²) in [6.45, 7) is 3.92. The lowest BCUT2D eigenvalue weighted by Crippen LogP contribution is -1.96. The van der Waals surface area contributed by atoms with Crippen molar-refractivity contribution in [2.24, 2.45) is 0 Å². The summed E-state index contributed by atoms with van der Waals surface area (Å²) in [5.74, 6) is 0. The van der Waals surface area contributed by atoms with Crippen molar-refractivity contribution in [2.45, 2.75) is 19.2 Å². The lowest BCUT2D eigenvalue weighted by atomic mass is 10.2. The molecule has 0 aliphatic rings. The van der Waals surface area contributed by atoms with E-state index < -0.39 is 0 Å². The Hall–Kier alpha value is -0.870. The van der Waals surface area contributed by atoms with Crippen LogP contribution in [0.15, 0.2) is 28.9 Å². The number of aromatic nitrogens is 3. The number of benzene rings is 1. The molecule has 1 aromatic carbocycles. The maximum Gasteiger partial charge on any atom is 0.101 e. The van der Waals surface area contributed by atoms with Gasteiger partial charge < -0.3 is 0 Å². The predicted octanol–water partition coefficient (Wildman–Crippen LogP) is 3.64. The monoisotopic (exact) mass is 299 g/mol. The van der Waals surface area contributed by atoms with Crippen molar-refractivity contribution in [2.75, 3.05) is 0 Å². The highest BCUT2D eigenvalue weighted by atomic mass is 79.9. The molecule has 0 spiro atoms. The minimum Gasteiger partial charge on any atom is -0.219 e. The van der Waals surface area contributed by atoms with E-state index in [0.29, 0.717) is 0 Å². The van der Waals surface area contributed by atoms with E-state index in [1.54, 1.807) is 4.68 Å². The first-order valence-electron chi connectivity index (χ1n) is 4.91. The van der Waals surface area contributed by atoms with Crippen LogP contribution in [-0.4, -0.2) is 15.0 Å². The van der Waals surface area contributed by atoms with E-state index in [0.717, 1.165) is 15.9 Å². The Bertz CT molecular complexity index is 508. The molecular weight excluding hydrogens is 289 g/mol. The molecule has 0 bridgehead atoms. The highest BCUT2D eigenvalue weighted by molar-refractivity contribution is 9.10. The van der Waals surface area contributed by atoms with Crippen LogP contribution in [-0.2, 0) is 0 Å². The van der Waals surface area contributed by atoms with Gasteiger partial charge in [0.15, 0.2) is 0 Å². The maximum atomic E-state index is 5.94. The van der Waals surface area contributed by atoms with Gasteiger partial charge in [-0.25, -0.2) is 4.68 Å². The maximum absolute atomic E-state index is 5.94. The Labute approximate surface area is 108 Å². The van der Waals surface area contributed by atoms with Crippen LogP contribution in [0.3, 0.4) is 0 Å². The molecule has 1 heterocycles. The second kappa shape index (κ2) is 4.55. The van der Waals surface area contributed by atoms with Gasteiger partial charge in [0.05, 0.1) is 17.3 Å². The van der Waals surface area contributed by atoms with E-state index in [1.807, 2.05) is 38.2 Å². The van der Waals surface area contributed by atoms with E-state index in [4.69, 9.17) is 11.6 Å². The first kappa shape index (κ1) is 11.6. The molecule has 0 aliphatic heterocycles. The van der Waals surface area contributed by atoms with E-state index in [-0.39, 0.29) is 5.38 Å². The third-order valence-electron chi connectivity index (χ3n) is 2.27. The second-order valence-corrected chi connectivity index (χ2v) is 5.17. The van der Waals surface area contributed by atoms with Crippen molar-refractivity contribution in [1.29, 1.82) is 0 Å². The zero-order chi connectivity index (χ0) is 11.7. The third-order valence-corrected chi connectivity index (χ3v) is 3.13. The van der Waals surface area contributed by atoms with Crippen LogP contribution in [0.4, 0.5) is 0 Å². The molecule has 84 valence electrons. The standard InChI is InChI=1S/C11H11BrClN3/c1-7-3-4-11(9(12)5-7)16-6-10(8(2)13)14-15-16/h3-6,8H,1-2H3. The largest absolute Gasteiger partial charge is 0.219 e. The van der Waals surface area contributed by atoms with E-state index in [2.05, 4.69) is 26.2 Å². The van der Waals surface area contributed by atoms with Crippen molar-refractivity contribution in [3.8, 4) is 5.69 Å². The molecular formula is C11H11BrClN3. The molecule has 16 heavy (non-hydrogen) atoms. The fourth-order valence-electron chi connectivity index (χ4n) is 1.37. The zero-order valence-corrected chi connectivity index (χ0v) is 11.3. The minimum atomic E-state index is -0.127. The second-order valence-electron chi connectivity index (χ2n) is 3.66. The quantitative estimate of drug-likeness (QED) is 0.793. The molecule has 2 aromatic rings. The lowest BCUT2D eigenvalue weighted by Gasteiger charge is -2.04. The van der Waals surface area contributed by atoms with Crippen LogP contribution in [0.5, 0.6) is 0 Å². The van der Waals surface area contributed by atoms with Crippen molar-refractivity contribution in [3.63, 3.8) is 0 Å². The Morgan fingerprint density at radius 1 is 1.44 bits per heavy atom. The summed E-state index contributed by atoms with van der Waals surface area (Å²) in [6, 6.07) is 6.07. The smallest absolute Gasteiger partial charge is 0.101 e. The summed E-state index contributed by atoms with van der Waals surface area (Å²) in [6.07, 6.45) is 1.84. The van der Waals surface area contributed by atoms with Gasteiger partial charge in [-0.1, -0.05) is 11.3 Å². The Kier molecular flexibility index (Phi) is 3.30. The van der Waals surface area contributed by atoms with Crippen LogP contribution < -0.4 is 0 Å². The van der Waals surface area contributed by atoms with Crippen LogP contribution >= 0.6 is 27.5 Å². The molecule has 0 saturated heterocycles. The Balaban J connectivity index is 2.42. The van der Waals surface area contributed by atoms with Gasteiger partial charge in [-0.05, 0) is 47.5 Å². The lowest BCUT2D eigenvalue weighted by molar-refractivity contribution is 0.793. The van der Waals surface area contributed by atoms with Crippen molar-refractivity contribution in [3.05, 3.63) is 40.1 Å². The summed E-state index contributed by atoms with van der Waals surface area (Å²) >= 11 is 9.45. The summed E-state index contributed by atoms with van der Waals surface area (Å²) < 4.78 is 2.71. The molecule has 0 radical (unpaired) electrons. The molecule has 0 aliphatic carbocycles. The molecule has 3 nitrogen and oxygen atoms in total. The first-order valence-corrected chi connectivity index (χ1v) is 6.13. The van der Waals surface area contributed by atoms with Gasteiger partial charge in [0.2, 0.25) is 0 Å². The van der Waals surface area contributed by atoms with Crippen LogP contribution in [0.1, 0.15) is 23.6 Å². The first-order chi connectivity index (χ1) is 7.58. The predicted molar refractivity (Wildman–Crippen MR) is 68.1 cm³/mol. The van der Waals surface area contributed by atoms with Gasteiger partial charge in [-0.3, -0.25) is 0 Å². The van der Waals surface area contributed by atoms with E-state index in [1.165, 1.54) is 5.56 Å². The molecule has 0 saturated carbocycles. The molecule has 1 aromatic heterocycles. The van der Waals surface area contributed by atoms with Crippen molar-refractivity contribution < 1.29 is 0 Å². The molecule has 0 amide bonds. The molecule has 1 atom stereocenters. The summed E-state index contributed by atoms with van der Waals surface area (Å²) in [4.78, 5) is 0. The average molecular weight is 301 g/mol.